The van der Waals surface area contributed by atoms with Gasteiger partial charge in [0.15, 0.2) is 0 Å². The molecule has 4 nitrogen and oxygen atoms in total. The van der Waals surface area contributed by atoms with Crippen molar-refractivity contribution in [1.29, 1.82) is 0 Å². The van der Waals surface area contributed by atoms with E-state index in [1.807, 2.05) is 56.3 Å². The van der Waals surface area contributed by atoms with Gasteiger partial charge in [-0.1, -0.05) is 47.1 Å². The minimum atomic E-state index is 0.0584. The number of fused-ring (bicyclic) bond motifs is 1. The Balaban J connectivity index is 1.66. The average molecular weight is 365 g/mol. The van der Waals surface area contributed by atoms with E-state index in [2.05, 4.69) is 22.3 Å². The van der Waals surface area contributed by atoms with Crippen LogP contribution < -0.4 is 4.74 Å². The van der Waals surface area contributed by atoms with Gasteiger partial charge in [-0.05, 0) is 55.0 Å². The largest absolute Gasteiger partial charge is 0.489 e. The first-order valence-electron chi connectivity index (χ1n) is 8.39. The molecule has 0 atom stereocenters. The predicted octanol–water partition coefficient (Wildman–Crippen LogP) is 6.00. The van der Waals surface area contributed by atoms with Gasteiger partial charge in [-0.2, -0.15) is 4.98 Å². The number of hydrogen-bond acceptors (Lipinski definition) is 4. The molecule has 0 amide bonds. The van der Waals surface area contributed by atoms with Gasteiger partial charge in [-0.3, -0.25) is 0 Å². The van der Waals surface area contributed by atoms with Crippen LogP contribution in [0.25, 0.3) is 33.6 Å². The molecule has 0 saturated heterocycles. The fraction of sp³-hybridized carbons (Fsp3) is 0.143. The molecule has 0 saturated carbocycles. The Bertz CT molecular complexity index is 1070. The van der Waals surface area contributed by atoms with Crippen LogP contribution in [0.15, 0.2) is 65.2 Å². The second-order valence-corrected chi connectivity index (χ2v) is 6.70. The summed E-state index contributed by atoms with van der Waals surface area (Å²) in [5, 5.41) is 6.91. The van der Waals surface area contributed by atoms with Gasteiger partial charge in [-0.15, -0.1) is 0 Å². The van der Waals surface area contributed by atoms with Crippen molar-refractivity contribution in [2.24, 2.45) is 0 Å². The third-order valence-corrected chi connectivity index (χ3v) is 4.27. The van der Waals surface area contributed by atoms with E-state index in [4.69, 9.17) is 20.9 Å². The highest BCUT2D eigenvalue weighted by molar-refractivity contribution is 6.32. The molecular weight excluding hydrogens is 348 g/mol. The summed E-state index contributed by atoms with van der Waals surface area (Å²) < 4.78 is 11.1. The van der Waals surface area contributed by atoms with E-state index < -0.39 is 0 Å². The SMILES string of the molecule is CC(C)Oc1ccc(-c2noc(-c3ccc4ccccc4c3)n2)cc1Cl. The summed E-state index contributed by atoms with van der Waals surface area (Å²) in [6, 6.07) is 19.7. The molecular formula is C21H17ClN2O2. The summed E-state index contributed by atoms with van der Waals surface area (Å²) in [5.74, 6) is 1.61. The first-order valence-corrected chi connectivity index (χ1v) is 8.77. The van der Waals surface area contributed by atoms with E-state index in [0.717, 1.165) is 16.5 Å². The zero-order valence-electron chi connectivity index (χ0n) is 14.4. The van der Waals surface area contributed by atoms with E-state index in [0.29, 0.717) is 22.5 Å². The molecule has 0 spiro atoms. The molecule has 26 heavy (non-hydrogen) atoms. The van der Waals surface area contributed by atoms with Crippen LogP contribution in [-0.2, 0) is 0 Å². The van der Waals surface area contributed by atoms with E-state index in [9.17, 15) is 0 Å². The molecule has 0 fully saturated rings. The summed E-state index contributed by atoms with van der Waals surface area (Å²) in [5.41, 5.74) is 1.66. The van der Waals surface area contributed by atoms with Crippen LogP contribution in [0.2, 0.25) is 5.02 Å². The average Bonchev–Trinajstić information content (AvgIpc) is 3.13. The summed E-state index contributed by atoms with van der Waals surface area (Å²) in [7, 11) is 0. The zero-order chi connectivity index (χ0) is 18.1. The number of hydrogen-bond donors (Lipinski definition) is 0. The predicted molar refractivity (Wildman–Crippen MR) is 103 cm³/mol. The number of halogens is 1. The topological polar surface area (TPSA) is 48.2 Å². The van der Waals surface area contributed by atoms with Crippen molar-refractivity contribution in [3.8, 4) is 28.6 Å². The van der Waals surface area contributed by atoms with Gasteiger partial charge < -0.3 is 9.26 Å². The molecule has 0 unspecified atom stereocenters. The Hall–Kier alpha value is -2.85. The normalized spacial score (nSPS) is 11.2. The van der Waals surface area contributed by atoms with Crippen molar-refractivity contribution in [3.63, 3.8) is 0 Å². The molecule has 0 radical (unpaired) electrons. The van der Waals surface area contributed by atoms with Crippen molar-refractivity contribution in [1.82, 2.24) is 10.1 Å². The van der Waals surface area contributed by atoms with Crippen LogP contribution in [0.5, 0.6) is 5.75 Å². The van der Waals surface area contributed by atoms with Crippen molar-refractivity contribution in [2.75, 3.05) is 0 Å². The van der Waals surface area contributed by atoms with E-state index in [1.54, 1.807) is 6.07 Å². The Labute approximate surface area is 156 Å². The van der Waals surface area contributed by atoms with Crippen LogP contribution >= 0.6 is 11.6 Å². The molecule has 1 heterocycles. The maximum absolute atomic E-state index is 6.30. The van der Waals surface area contributed by atoms with Gasteiger partial charge in [-0.25, -0.2) is 0 Å². The monoisotopic (exact) mass is 364 g/mol. The highest BCUT2D eigenvalue weighted by Gasteiger charge is 2.13. The second kappa shape index (κ2) is 6.81. The van der Waals surface area contributed by atoms with Crippen molar-refractivity contribution in [3.05, 3.63) is 65.7 Å². The van der Waals surface area contributed by atoms with Gasteiger partial charge in [0, 0.05) is 11.1 Å². The quantitative estimate of drug-likeness (QED) is 0.445. The smallest absolute Gasteiger partial charge is 0.258 e. The number of aromatic nitrogens is 2. The highest BCUT2D eigenvalue weighted by atomic mass is 35.5. The Kier molecular flexibility index (Phi) is 4.35. The Morgan fingerprint density at radius 1 is 0.923 bits per heavy atom. The summed E-state index contributed by atoms with van der Waals surface area (Å²) in [4.78, 5) is 4.51. The molecule has 0 bridgehead atoms. The maximum Gasteiger partial charge on any atom is 0.258 e. The maximum atomic E-state index is 6.30. The van der Waals surface area contributed by atoms with Gasteiger partial charge in [0.25, 0.3) is 5.89 Å². The molecule has 0 aliphatic heterocycles. The van der Waals surface area contributed by atoms with E-state index >= 15 is 0 Å². The molecule has 4 rings (SSSR count). The van der Waals surface area contributed by atoms with Crippen LogP contribution in [-0.4, -0.2) is 16.2 Å². The number of rotatable bonds is 4. The van der Waals surface area contributed by atoms with Crippen molar-refractivity contribution < 1.29 is 9.26 Å². The van der Waals surface area contributed by atoms with Gasteiger partial charge in [0.2, 0.25) is 5.82 Å². The number of ether oxygens (including phenoxy) is 1. The first kappa shape index (κ1) is 16.6. The van der Waals surface area contributed by atoms with Crippen LogP contribution in [0.4, 0.5) is 0 Å². The van der Waals surface area contributed by atoms with E-state index in [-0.39, 0.29) is 6.10 Å². The summed E-state index contributed by atoms with van der Waals surface area (Å²) >= 11 is 6.30. The molecule has 1 aromatic heterocycles. The highest BCUT2D eigenvalue weighted by Crippen LogP contribution is 2.31. The number of benzene rings is 3. The molecule has 130 valence electrons. The lowest BCUT2D eigenvalue weighted by atomic mass is 10.1. The Morgan fingerprint density at radius 2 is 1.69 bits per heavy atom. The molecule has 0 aliphatic carbocycles. The molecule has 5 heteroatoms. The second-order valence-electron chi connectivity index (χ2n) is 6.30. The van der Waals surface area contributed by atoms with Gasteiger partial charge in [0.1, 0.15) is 5.75 Å². The van der Waals surface area contributed by atoms with E-state index in [1.165, 1.54) is 5.39 Å². The van der Waals surface area contributed by atoms with Gasteiger partial charge >= 0.3 is 0 Å². The summed E-state index contributed by atoms with van der Waals surface area (Å²) in [6.45, 7) is 3.92. The lowest BCUT2D eigenvalue weighted by molar-refractivity contribution is 0.242. The minimum Gasteiger partial charge on any atom is -0.489 e. The summed E-state index contributed by atoms with van der Waals surface area (Å²) in [6.07, 6.45) is 0.0584. The van der Waals surface area contributed by atoms with Crippen molar-refractivity contribution >= 4 is 22.4 Å². The third-order valence-electron chi connectivity index (χ3n) is 3.98. The van der Waals surface area contributed by atoms with Crippen molar-refractivity contribution in [2.45, 2.75) is 20.0 Å². The van der Waals surface area contributed by atoms with Gasteiger partial charge in [0.05, 0.1) is 11.1 Å². The van der Waals surface area contributed by atoms with Crippen LogP contribution in [0, 0.1) is 0 Å². The lowest BCUT2D eigenvalue weighted by Crippen LogP contribution is -2.05. The molecule has 0 aliphatic rings. The van der Waals surface area contributed by atoms with Crippen LogP contribution in [0.1, 0.15) is 13.8 Å². The fourth-order valence-electron chi connectivity index (χ4n) is 2.77. The lowest BCUT2D eigenvalue weighted by Gasteiger charge is -2.11. The molecule has 3 aromatic carbocycles. The molecule has 4 aromatic rings. The standard InChI is InChI=1S/C21H17ClN2O2/c1-13(2)25-19-10-9-16(12-18(19)22)20-23-21(26-24-20)17-8-7-14-5-3-4-6-15(14)11-17/h3-13H,1-2H3. The van der Waals surface area contributed by atoms with Crippen LogP contribution in [0.3, 0.4) is 0 Å². The zero-order valence-corrected chi connectivity index (χ0v) is 15.2. The molecule has 0 N–H and O–H groups in total. The first-order chi connectivity index (χ1) is 12.6. The Morgan fingerprint density at radius 3 is 2.46 bits per heavy atom. The third kappa shape index (κ3) is 3.28. The minimum absolute atomic E-state index is 0.0584. The number of nitrogens with zero attached hydrogens (tertiary/aromatic N) is 2. The fourth-order valence-corrected chi connectivity index (χ4v) is 2.99.